The molecule has 1 unspecified atom stereocenters. The summed E-state index contributed by atoms with van der Waals surface area (Å²) in [6, 6.07) is 12.6. The number of ether oxygens (including phenoxy) is 2. The van der Waals surface area contributed by atoms with E-state index in [0.29, 0.717) is 12.7 Å². The predicted molar refractivity (Wildman–Crippen MR) is 71.9 cm³/mol. The van der Waals surface area contributed by atoms with Crippen LogP contribution in [0.2, 0.25) is 0 Å². The maximum absolute atomic E-state index is 5.65. The van der Waals surface area contributed by atoms with Crippen LogP contribution in [0.3, 0.4) is 0 Å². The van der Waals surface area contributed by atoms with Gasteiger partial charge in [0.05, 0.1) is 6.61 Å². The van der Waals surface area contributed by atoms with E-state index in [1.54, 1.807) is 0 Å². The smallest absolute Gasteiger partial charge is 0.120 e. The number of halogens is 1. The van der Waals surface area contributed by atoms with E-state index in [2.05, 4.69) is 52.9 Å². The van der Waals surface area contributed by atoms with E-state index < -0.39 is 0 Å². The fourth-order valence-electron chi connectivity index (χ4n) is 1.64. The molecule has 3 heteroatoms. The van der Waals surface area contributed by atoms with Gasteiger partial charge in [-0.2, -0.15) is 0 Å². The molecule has 1 fully saturated rings. The lowest BCUT2D eigenvalue weighted by atomic mass is 10.1. The second kappa shape index (κ2) is 4.22. The Bertz CT molecular complexity index is 520. The second-order valence-electron chi connectivity index (χ2n) is 3.92. The van der Waals surface area contributed by atoms with Crippen molar-refractivity contribution < 1.29 is 9.47 Å². The lowest BCUT2D eigenvalue weighted by Gasteiger charge is -2.05. The summed E-state index contributed by atoms with van der Waals surface area (Å²) in [5.74, 6) is 0.921. The van der Waals surface area contributed by atoms with Gasteiger partial charge in [0.15, 0.2) is 0 Å². The molecule has 1 atom stereocenters. The second-order valence-corrected chi connectivity index (χ2v) is 5.17. The summed E-state index contributed by atoms with van der Waals surface area (Å²) in [5.41, 5.74) is 0. The highest BCUT2D eigenvalue weighted by Gasteiger charge is 2.22. The first-order chi connectivity index (χ1) is 7.81. The molecule has 2 aromatic carbocycles. The molecule has 1 aliphatic rings. The third kappa shape index (κ3) is 2.30. The van der Waals surface area contributed by atoms with E-state index in [-0.39, 0.29) is 0 Å². The zero-order valence-electron chi connectivity index (χ0n) is 8.65. The van der Waals surface area contributed by atoms with Crippen LogP contribution < -0.4 is 4.74 Å². The number of hydrogen-bond donors (Lipinski definition) is 0. The Labute approximate surface area is 108 Å². The van der Waals surface area contributed by atoms with Crippen LogP contribution in [0.1, 0.15) is 0 Å². The third-order valence-corrected chi connectivity index (χ3v) is 3.28. The Kier molecular flexibility index (Phi) is 2.73. The van der Waals surface area contributed by atoms with Crippen LogP contribution >= 0.6 is 22.6 Å². The van der Waals surface area contributed by atoms with E-state index in [1.165, 1.54) is 14.3 Å². The number of benzene rings is 2. The molecule has 0 saturated carbocycles. The van der Waals surface area contributed by atoms with Gasteiger partial charge in [-0.05, 0) is 57.6 Å². The van der Waals surface area contributed by atoms with Gasteiger partial charge in [0.2, 0.25) is 0 Å². The van der Waals surface area contributed by atoms with Crippen molar-refractivity contribution in [1.82, 2.24) is 0 Å². The first kappa shape index (κ1) is 10.4. The molecule has 82 valence electrons. The monoisotopic (exact) mass is 326 g/mol. The van der Waals surface area contributed by atoms with Crippen LogP contribution in [-0.2, 0) is 4.74 Å². The molecule has 0 amide bonds. The van der Waals surface area contributed by atoms with E-state index in [4.69, 9.17) is 9.47 Å². The van der Waals surface area contributed by atoms with E-state index >= 15 is 0 Å². The van der Waals surface area contributed by atoms with Crippen LogP contribution in [0, 0.1) is 3.57 Å². The minimum atomic E-state index is 0.312. The normalized spacial score (nSPS) is 18.7. The average Bonchev–Trinajstić information content (AvgIpc) is 3.09. The van der Waals surface area contributed by atoms with Gasteiger partial charge >= 0.3 is 0 Å². The largest absolute Gasteiger partial charge is 0.491 e. The molecule has 0 bridgehead atoms. The molecular weight excluding hydrogens is 315 g/mol. The average molecular weight is 326 g/mol. The minimum absolute atomic E-state index is 0.312. The number of hydrogen-bond acceptors (Lipinski definition) is 2. The van der Waals surface area contributed by atoms with Crippen LogP contribution in [0.15, 0.2) is 36.4 Å². The van der Waals surface area contributed by atoms with Crippen molar-refractivity contribution in [2.24, 2.45) is 0 Å². The molecule has 16 heavy (non-hydrogen) atoms. The summed E-state index contributed by atoms with van der Waals surface area (Å²) in [4.78, 5) is 0. The van der Waals surface area contributed by atoms with Crippen molar-refractivity contribution in [2.75, 3.05) is 13.2 Å². The molecule has 1 heterocycles. The Morgan fingerprint density at radius 1 is 1.19 bits per heavy atom. The lowest BCUT2D eigenvalue weighted by molar-refractivity contribution is 0.263. The van der Waals surface area contributed by atoms with Crippen molar-refractivity contribution in [3.8, 4) is 5.75 Å². The zero-order valence-corrected chi connectivity index (χ0v) is 10.8. The van der Waals surface area contributed by atoms with Crippen molar-refractivity contribution >= 4 is 33.4 Å². The van der Waals surface area contributed by atoms with Crippen molar-refractivity contribution in [3.63, 3.8) is 0 Å². The van der Waals surface area contributed by atoms with Gasteiger partial charge in [-0.25, -0.2) is 0 Å². The Morgan fingerprint density at radius 2 is 2.00 bits per heavy atom. The molecular formula is C13H11IO2. The lowest BCUT2D eigenvalue weighted by Crippen LogP contribution is -2.03. The number of rotatable bonds is 3. The van der Waals surface area contributed by atoms with Crippen LogP contribution in [-0.4, -0.2) is 19.3 Å². The summed E-state index contributed by atoms with van der Waals surface area (Å²) in [6.45, 7) is 1.50. The van der Waals surface area contributed by atoms with Crippen LogP contribution in [0.5, 0.6) is 5.75 Å². The summed E-state index contributed by atoms with van der Waals surface area (Å²) < 4.78 is 12.0. The SMILES string of the molecule is Ic1ccc2ccc(OCC3CO3)cc2c1. The Hall–Kier alpha value is -0.810. The maximum Gasteiger partial charge on any atom is 0.120 e. The highest BCUT2D eigenvalue weighted by Crippen LogP contribution is 2.23. The Balaban J connectivity index is 1.87. The van der Waals surface area contributed by atoms with E-state index in [9.17, 15) is 0 Å². The first-order valence-corrected chi connectivity index (χ1v) is 6.33. The molecule has 1 saturated heterocycles. The number of epoxide rings is 1. The maximum atomic E-state index is 5.65. The summed E-state index contributed by atoms with van der Waals surface area (Å²) in [7, 11) is 0. The predicted octanol–water partition coefficient (Wildman–Crippen LogP) is 3.22. The Morgan fingerprint density at radius 3 is 2.81 bits per heavy atom. The minimum Gasteiger partial charge on any atom is -0.491 e. The van der Waals surface area contributed by atoms with Gasteiger partial charge in [0, 0.05) is 3.57 Å². The standard InChI is InChI=1S/C13H11IO2/c14-11-3-1-9-2-4-12(6-10(9)5-11)15-7-13-8-16-13/h1-6,13H,7-8H2. The van der Waals surface area contributed by atoms with Gasteiger partial charge in [-0.15, -0.1) is 0 Å². The molecule has 1 aliphatic heterocycles. The van der Waals surface area contributed by atoms with Crippen molar-refractivity contribution in [3.05, 3.63) is 40.0 Å². The summed E-state index contributed by atoms with van der Waals surface area (Å²) in [6.07, 6.45) is 0.312. The molecule has 0 aromatic heterocycles. The molecule has 0 radical (unpaired) electrons. The van der Waals surface area contributed by atoms with Gasteiger partial charge in [0.25, 0.3) is 0 Å². The quantitative estimate of drug-likeness (QED) is 0.638. The molecule has 0 spiro atoms. The molecule has 0 N–H and O–H groups in total. The zero-order chi connectivity index (χ0) is 11.0. The van der Waals surface area contributed by atoms with E-state index in [0.717, 1.165) is 12.4 Å². The van der Waals surface area contributed by atoms with Crippen molar-refractivity contribution in [1.29, 1.82) is 0 Å². The first-order valence-electron chi connectivity index (χ1n) is 5.25. The highest BCUT2D eigenvalue weighted by molar-refractivity contribution is 14.1. The molecule has 3 rings (SSSR count). The van der Waals surface area contributed by atoms with E-state index in [1.807, 2.05) is 6.07 Å². The summed E-state index contributed by atoms with van der Waals surface area (Å²) >= 11 is 2.32. The van der Waals surface area contributed by atoms with Crippen molar-refractivity contribution in [2.45, 2.75) is 6.10 Å². The van der Waals surface area contributed by atoms with Crippen LogP contribution in [0.4, 0.5) is 0 Å². The fourth-order valence-corrected chi connectivity index (χ4v) is 2.15. The number of fused-ring (bicyclic) bond motifs is 1. The fraction of sp³-hybridized carbons (Fsp3) is 0.231. The molecule has 2 aromatic rings. The third-order valence-electron chi connectivity index (χ3n) is 2.61. The highest BCUT2D eigenvalue weighted by atomic mass is 127. The van der Waals surface area contributed by atoms with Gasteiger partial charge in [-0.1, -0.05) is 12.1 Å². The molecule has 0 aliphatic carbocycles. The van der Waals surface area contributed by atoms with Gasteiger partial charge in [-0.3, -0.25) is 0 Å². The summed E-state index contributed by atoms with van der Waals surface area (Å²) in [5, 5.41) is 2.47. The van der Waals surface area contributed by atoms with Crippen LogP contribution in [0.25, 0.3) is 10.8 Å². The molecule has 2 nitrogen and oxygen atoms in total. The van der Waals surface area contributed by atoms with Gasteiger partial charge < -0.3 is 9.47 Å². The van der Waals surface area contributed by atoms with Gasteiger partial charge in [0.1, 0.15) is 18.5 Å². The topological polar surface area (TPSA) is 21.8 Å².